The summed E-state index contributed by atoms with van der Waals surface area (Å²) in [6.45, 7) is 1.69. The summed E-state index contributed by atoms with van der Waals surface area (Å²) in [6.07, 6.45) is 0. The molecule has 1 atom stereocenters. The van der Waals surface area contributed by atoms with Crippen LogP contribution in [0.15, 0.2) is 11.3 Å². The number of esters is 1. The molecule has 2 aliphatic heterocycles. The van der Waals surface area contributed by atoms with Gasteiger partial charge in [-0.1, -0.05) is 23.2 Å². The Labute approximate surface area is 133 Å². The minimum atomic E-state index is -1.87. The Morgan fingerprint density at radius 2 is 2.30 bits per heavy atom. The Hall–Kier alpha value is -0.720. The van der Waals surface area contributed by atoms with Gasteiger partial charge in [-0.3, -0.25) is 9.69 Å². The monoisotopic (exact) mass is 355 g/mol. The van der Waals surface area contributed by atoms with Crippen molar-refractivity contribution in [3.63, 3.8) is 0 Å². The lowest BCUT2D eigenvalue weighted by molar-refractivity contribution is -0.148. The van der Waals surface area contributed by atoms with Crippen molar-refractivity contribution >= 4 is 64.2 Å². The van der Waals surface area contributed by atoms with Gasteiger partial charge >= 0.3 is 17.6 Å². The fourth-order valence-electron chi connectivity index (χ4n) is 1.82. The Kier molecular flexibility index (Phi) is 4.37. The molecular weight excluding hydrogens is 349 g/mol. The Morgan fingerprint density at radius 3 is 2.85 bits per heavy atom. The van der Waals surface area contributed by atoms with Crippen molar-refractivity contribution in [2.75, 3.05) is 11.6 Å². The minimum Gasteiger partial charge on any atom is -0.423 e. The van der Waals surface area contributed by atoms with Crippen LogP contribution in [0, 0.1) is 0 Å². The molecule has 1 amide bonds. The fourth-order valence-corrected chi connectivity index (χ4v) is 3.21. The zero-order valence-electron chi connectivity index (χ0n) is 10.1. The quantitative estimate of drug-likeness (QED) is 0.254. The Morgan fingerprint density at radius 1 is 1.65 bits per heavy atom. The summed E-state index contributed by atoms with van der Waals surface area (Å²) < 4.78 is 3.00. The van der Waals surface area contributed by atoms with Gasteiger partial charge in [-0.05, 0) is 12.5 Å². The number of alkyl halides is 3. The van der Waals surface area contributed by atoms with Crippen LogP contribution in [-0.4, -0.2) is 48.8 Å². The number of nitrogens with zero attached hydrogens (tertiary/aromatic N) is 3. The number of fused-ring (bicyclic) bond motifs is 1. The number of rotatable bonds is 3. The highest BCUT2D eigenvalue weighted by Gasteiger charge is 2.57. The molecule has 1 fully saturated rings. The number of carbonyl (C=O) groups is 2. The van der Waals surface area contributed by atoms with E-state index < -0.39 is 21.8 Å². The third-order valence-corrected chi connectivity index (χ3v) is 5.13. The van der Waals surface area contributed by atoms with E-state index in [1.807, 2.05) is 0 Å². The molecule has 1 saturated heterocycles. The molecule has 0 radical (unpaired) electrons. The van der Waals surface area contributed by atoms with Crippen molar-refractivity contribution in [1.82, 2.24) is 4.90 Å². The van der Waals surface area contributed by atoms with Crippen LogP contribution in [0.2, 0.25) is 0 Å². The lowest BCUT2D eigenvalue weighted by Crippen LogP contribution is -2.62. The molecule has 2 rings (SSSR count). The number of amides is 1. The maximum absolute atomic E-state index is 12.1. The summed E-state index contributed by atoms with van der Waals surface area (Å²) in [6, 6.07) is 0. The third kappa shape index (κ3) is 2.56. The standard InChI is InChI=1S/C10H8Cl3N3O3S/c1-4-2-20-8-5(15-14)7(17)16(8)6(4)9(18)19-10(12,13)3-11/h8H,2-3H2,1H3/t8-/m1/s1. The second kappa shape index (κ2) is 5.58. The van der Waals surface area contributed by atoms with Gasteiger partial charge in [0.2, 0.25) is 0 Å². The maximum Gasteiger partial charge on any atom is 0.389 e. The van der Waals surface area contributed by atoms with Crippen molar-refractivity contribution < 1.29 is 19.1 Å². The Bertz CT molecular complexity index is 571. The SMILES string of the molecule is CC1=C(C(=O)OC(Cl)(Cl)CCl)N2C(=O)C(=[N+]=[N-])[C@H]2SC1. The van der Waals surface area contributed by atoms with Crippen LogP contribution in [0.25, 0.3) is 5.53 Å². The van der Waals surface area contributed by atoms with Crippen LogP contribution in [0.1, 0.15) is 6.92 Å². The molecule has 0 bridgehead atoms. The van der Waals surface area contributed by atoms with Gasteiger partial charge in [-0.15, -0.1) is 23.4 Å². The summed E-state index contributed by atoms with van der Waals surface area (Å²) >= 11 is 18.2. The molecular formula is C10H8Cl3N3O3S. The highest BCUT2D eigenvalue weighted by atomic mass is 35.5. The molecule has 2 aliphatic rings. The second-order valence-electron chi connectivity index (χ2n) is 4.11. The molecule has 0 aromatic carbocycles. The molecule has 0 spiro atoms. The van der Waals surface area contributed by atoms with Crippen LogP contribution in [0.5, 0.6) is 0 Å². The first-order valence-electron chi connectivity index (χ1n) is 5.36. The van der Waals surface area contributed by atoms with Gasteiger partial charge in [-0.25, -0.2) is 4.79 Å². The fraction of sp³-hybridized carbons (Fsp3) is 0.500. The number of ether oxygens (including phenoxy) is 1. The predicted molar refractivity (Wildman–Crippen MR) is 75.7 cm³/mol. The van der Waals surface area contributed by atoms with E-state index in [2.05, 4.69) is 4.79 Å². The van der Waals surface area contributed by atoms with E-state index in [0.29, 0.717) is 11.3 Å². The molecule has 0 unspecified atom stereocenters. The molecule has 20 heavy (non-hydrogen) atoms. The van der Waals surface area contributed by atoms with E-state index in [0.717, 1.165) is 0 Å². The maximum atomic E-state index is 12.1. The predicted octanol–water partition coefficient (Wildman–Crippen LogP) is 1.76. The van der Waals surface area contributed by atoms with Gasteiger partial charge in [0, 0.05) is 5.75 Å². The van der Waals surface area contributed by atoms with Crippen molar-refractivity contribution in [3.8, 4) is 0 Å². The molecule has 0 saturated carbocycles. The van der Waals surface area contributed by atoms with Crippen LogP contribution in [0.4, 0.5) is 0 Å². The normalized spacial score (nSPS) is 22.2. The highest BCUT2D eigenvalue weighted by molar-refractivity contribution is 8.01. The average Bonchev–Trinajstić information content (AvgIpc) is 2.39. The lowest BCUT2D eigenvalue weighted by Gasteiger charge is -2.40. The average molecular weight is 357 g/mol. The van der Waals surface area contributed by atoms with Gasteiger partial charge in [0.15, 0.2) is 5.37 Å². The van der Waals surface area contributed by atoms with Gasteiger partial charge in [0.25, 0.3) is 4.52 Å². The summed E-state index contributed by atoms with van der Waals surface area (Å²) in [4.78, 5) is 28.0. The minimum absolute atomic E-state index is 0.00634. The summed E-state index contributed by atoms with van der Waals surface area (Å²) in [7, 11) is 0. The Balaban J connectivity index is 2.28. The molecule has 0 aromatic rings. The van der Waals surface area contributed by atoms with Gasteiger partial charge < -0.3 is 10.3 Å². The molecule has 6 nitrogen and oxygen atoms in total. The van der Waals surface area contributed by atoms with E-state index in [9.17, 15) is 9.59 Å². The zero-order valence-corrected chi connectivity index (χ0v) is 13.2. The largest absolute Gasteiger partial charge is 0.423 e. The molecule has 0 aliphatic carbocycles. The zero-order chi connectivity index (χ0) is 15.1. The molecule has 108 valence electrons. The second-order valence-corrected chi connectivity index (χ2v) is 6.86. The summed E-state index contributed by atoms with van der Waals surface area (Å²) in [5, 5.41) is -0.505. The van der Waals surface area contributed by atoms with E-state index in [1.54, 1.807) is 6.92 Å². The first-order valence-corrected chi connectivity index (χ1v) is 7.70. The summed E-state index contributed by atoms with van der Waals surface area (Å²) in [5.74, 6) is -1.24. The van der Waals surface area contributed by atoms with Gasteiger partial charge in [0.05, 0.1) is 5.88 Å². The van der Waals surface area contributed by atoms with Crippen LogP contribution < -0.4 is 0 Å². The van der Waals surface area contributed by atoms with Crippen LogP contribution >= 0.6 is 46.6 Å². The van der Waals surface area contributed by atoms with Crippen LogP contribution in [-0.2, 0) is 14.3 Å². The molecule has 2 heterocycles. The number of β-lactam (4-membered cyclic amide) rings is 1. The molecule has 10 heteroatoms. The number of hydrogen-bond donors (Lipinski definition) is 0. The number of carbonyl (C=O) groups excluding carboxylic acids is 2. The lowest BCUT2D eigenvalue weighted by atomic mass is 10.1. The van der Waals surface area contributed by atoms with E-state index in [4.69, 9.17) is 45.1 Å². The van der Waals surface area contributed by atoms with Crippen LogP contribution in [0.3, 0.4) is 0 Å². The van der Waals surface area contributed by atoms with Crippen molar-refractivity contribution in [2.45, 2.75) is 16.8 Å². The topological polar surface area (TPSA) is 83.0 Å². The highest BCUT2D eigenvalue weighted by Crippen LogP contribution is 2.39. The van der Waals surface area contributed by atoms with E-state index in [1.165, 1.54) is 16.7 Å². The van der Waals surface area contributed by atoms with Crippen molar-refractivity contribution in [1.29, 1.82) is 0 Å². The first-order chi connectivity index (χ1) is 9.32. The van der Waals surface area contributed by atoms with E-state index in [-0.39, 0.29) is 17.3 Å². The molecule has 0 aromatic heterocycles. The van der Waals surface area contributed by atoms with Gasteiger partial charge in [0.1, 0.15) is 5.70 Å². The first kappa shape index (κ1) is 15.7. The number of thioether (sulfide) groups is 1. The van der Waals surface area contributed by atoms with E-state index >= 15 is 0 Å². The smallest absolute Gasteiger partial charge is 0.389 e. The third-order valence-electron chi connectivity index (χ3n) is 2.71. The molecule has 0 N–H and O–H groups in total. The van der Waals surface area contributed by atoms with Crippen molar-refractivity contribution in [3.05, 3.63) is 16.8 Å². The number of hydrogen-bond acceptors (Lipinski definition) is 4. The number of halogens is 3. The summed E-state index contributed by atoms with van der Waals surface area (Å²) in [5.41, 5.74) is 9.44. The van der Waals surface area contributed by atoms with Crippen molar-refractivity contribution in [2.24, 2.45) is 0 Å². The van der Waals surface area contributed by atoms with Gasteiger partial charge in [-0.2, -0.15) is 4.79 Å².